The van der Waals surface area contributed by atoms with Crippen molar-refractivity contribution >= 4 is 17.8 Å². The molecule has 0 aliphatic carbocycles. The molecule has 1 rings (SSSR count). The Kier molecular flexibility index (Phi) is 5.25. The molecule has 3 N–H and O–H groups in total. The fourth-order valence-corrected chi connectivity index (χ4v) is 0.727. The van der Waals surface area contributed by atoms with Crippen molar-refractivity contribution in [1.29, 1.82) is 0 Å². The molecule has 0 bridgehead atoms. The lowest BCUT2D eigenvalue weighted by atomic mass is 10.2. The summed E-state index contributed by atoms with van der Waals surface area (Å²) in [5.74, 6) is -3.43. The lowest BCUT2D eigenvalue weighted by Crippen LogP contribution is -2.28. The number of nitrogens with one attached hydrogen (secondary N) is 1. The third kappa shape index (κ3) is 6.79. The van der Waals surface area contributed by atoms with E-state index in [9.17, 15) is 4.79 Å². The summed E-state index contributed by atoms with van der Waals surface area (Å²) in [4.78, 5) is 28.6. The van der Waals surface area contributed by atoms with Gasteiger partial charge in [0.15, 0.2) is 0 Å². The summed E-state index contributed by atoms with van der Waals surface area (Å²) >= 11 is 0. The van der Waals surface area contributed by atoms with Crippen LogP contribution in [0.3, 0.4) is 0 Å². The Labute approximate surface area is 74.6 Å². The maximum Gasteiger partial charge on any atom is 0.414 e. The fourth-order valence-electron chi connectivity index (χ4n) is 0.727. The van der Waals surface area contributed by atoms with Crippen LogP contribution in [0.1, 0.15) is 19.3 Å². The second kappa shape index (κ2) is 5.99. The fraction of sp³-hybridized carbons (Fsp3) is 0.571. The molecule has 0 aromatic rings. The minimum atomic E-state index is -1.82. The molecule has 0 radical (unpaired) electrons. The molecule has 1 amide bonds. The average molecular weight is 189 g/mol. The van der Waals surface area contributed by atoms with Crippen molar-refractivity contribution in [2.45, 2.75) is 19.3 Å². The Morgan fingerprint density at radius 2 is 1.69 bits per heavy atom. The van der Waals surface area contributed by atoms with Crippen molar-refractivity contribution in [3.05, 3.63) is 0 Å². The van der Waals surface area contributed by atoms with Gasteiger partial charge in [-0.05, 0) is 12.8 Å². The topological polar surface area (TPSA) is 104 Å². The van der Waals surface area contributed by atoms with Crippen LogP contribution in [0, 0.1) is 0 Å². The first kappa shape index (κ1) is 11.4. The number of carboxylic acid groups (broad SMARTS) is 2. The van der Waals surface area contributed by atoms with Crippen LogP contribution in [-0.4, -0.2) is 34.6 Å². The Balaban J connectivity index is 0.000000226. The van der Waals surface area contributed by atoms with Gasteiger partial charge in [0.05, 0.1) is 0 Å². The lowest BCUT2D eigenvalue weighted by Gasteiger charge is -2.08. The number of hydrogen-bond acceptors (Lipinski definition) is 3. The quantitative estimate of drug-likeness (QED) is 0.443. The van der Waals surface area contributed by atoms with E-state index < -0.39 is 11.9 Å². The van der Waals surface area contributed by atoms with Gasteiger partial charge in [-0.3, -0.25) is 4.79 Å². The monoisotopic (exact) mass is 189 g/mol. The molecule has 1 aliphatic heterocycles. The smallest absolute Gasteiger partial charge is 0.414 e. The minimum Gasteiger partial charge on any atom is -0.473 e. The minimum absolute atomic E-state index is 0.214. The van der Waals surface area contributed by atoms with Gasteiger partial charge >= 0.3 is 11.9 Å². The van der Waals surface area contributed by atoms with Crippen molar-refractivity contribution in [2.75, 3.05) is 6.54 Å². The highest BCUT2D eigenvalue weighted by molar-refractivity contribution is 6.27. The summed E-state index contributed by atoms with van der Waals surface area (Å²) in [6, 6.07) is 0. The van der Waals surface area contributed by atoms with Crippen molar-refractivity contribution in [2.24, 2.45) is 0 Å². The highest BCUT2D eigenvalue weighted by Gasteiger charge is 2.04. The Bertz CT molecular complexity index is 193. The number of hydrogen-bond donors (Lipinski definition) is 3. The van der Waals surface area contributed by atoms with Gasteiger partial charge in [-0.1, -0.05) is 0 Å². The Morgan fingerprint density at radius 3 is 1.85 bits per heavy atom. The third-order valence-corrected chi connectivity index (χ3v) is 1.34. The number of carbonyl (C=O) groups excluding carboxylic acids is 1. The summed E-state index contributed by atoms with van der Waals surface area (Å²) in [6.45, 7) is 0.888. The summed E-state index contributed by atoms with van der Waals surface area (Å²) in [6.07, 6.45) is 2.97. The predicted molar refractivity (Wildman–Crippen MR) is 42.1 cm³/mol. The first-order valence-electron chi connectivity index (χ1n) is 3.77. The second-order valence-corrected chi connectivity index (χ2v) is 2.42. The van der Waals surface area contributed by atoms with Crippen LogP contribution in [0.25, 0.3) is 0 Å². The third-order valence-electron chi connectivity index (χ3n) is 1.34. The zero-order valence-corrected chi connectivity index (χ0v) is 6.95. The van der Waals surface area contributed by atoms with E-state index in [4.69, 9.17) is 19.8 Å². The lowest BCUT2D eigenvalue weighted by molar-refractivity contribution is -0.159. The van der Waals surface area contributed by atoms with E-state index in [0.717, 1.165) is 25.8 Å². The van der Waals surface area contributed by atoms with E-state index in [1.165, 1.54) is 0 Å². The molecule has 1 heterocycles. The molecule has 0 unspecified atom stereocenters. The van der Waals surface area contributed by atoms with Gasteiger partial charge in [-0.15, -0.1) is 0 Å². The van der Waals surface area contributed by atoms with E-state index in [-0.39, 0.29) is 5.91 Å². The molecule has 0 spiro atoms. The Morgan fingerprint density at radius 1 is 1.15 bits per heavy atom. The van der Waals surface area contributed by atoms with Gasteiger partial charge < -0.3 is 15.5 Å². The summed E-state index contributed by atoms with van der Waals surface area (Å²) in [7, 11) is 0. The summed E-state index contributed by atoms with van der Waals surface area (Å²) in [5.41, 5.74) is 0. The first-order chi connectivity index (χ1) is 6.04. The molecular weight excluding hydrogens is 178 g/mol. The normalized spacial score (nSPS) is 14.9. The number of carboxylic acids is 2. The maximum atomic E-state index is 10.4. The molecule has 0 aromatic heterocycles. The number of rotatable bonds is 0. The molecule has 0 aromatic carbocycles. The number of aliphatic carboxylic acids is 2. The van der Waals surface area contributed by atoms with Gasteiger partial charge in [0.2, 0.25) is 5.91 Å². The summed E-state index contributed by atoms with van der Waals surface area (Å²) < 4.78 is 0. The van der Waals surface area contributed by atoms with Crippen molar-refractivity contribution in [3.8, 4) is 0 Å². The largest absolute Gasteiger partial charge is 0.473 e. The Hall–Kier alpha value is -1.59. The average Bonchev–Trinajstić information content (AvgIpc) is 2.06. The van der Waals surface area contributed by atoms with Crippen LogP contribution >= 0.6 is 0 Å². The molecule has 1 saturated heterocycles. The molecule has 0 atom stereocenters. The second-order valence-electron chi connectivity index (χ2n) is 2.42. The van der Waals surface area contributed by atoms with Gasteiger partial charge in [0.1, 0.15) is 0 Å². The molecule has 74 valence electrons. The van der Waals surface area contributed by atoms with E-state index in [0.29, 0.717) is 0 Å². The molecule has 13 heavy (non-hydrogen) atoms. The van der Waals surface area contributed by atoms with Gasteiger partial charge in [-0.2, -0.15) is 0 Å². The van der Waals surface area contributed by atoms with E-state index in [1.54, 1.807) is 0 Å². The van der Waals surface area contributed by atoms with E-state index in [2.05, 4.69) is 5.32 Å². The molecule has 1 aliphatic rings. The van der Waals surface area contributed by atoms with Gasteiger partial charge in [-0.25, -0.2) is 9.59 Å². The molecular formula is C7H11NO5. The van der Waals surface area contributed by atoms with Gasteiger partial charge in [0, 0.05) is 13.0 Å². The number of amides is 1. The molecule has 6 nitrogen and oxygen atoms in total. The molecule has 1 fully saturated rings. The summed E-state index contributed by atoms with van der Waals surface area (Å²) in [5, 5.41) is 17.5. The highest BCUT2D eigenvalue weighted by atomic mass is 16.4. The van der Waals surface area contributed by atoms with E-state index in [1.807, 2.05) is 0 Å². The van der Waals surface area contributed by atoms with Crippen LogP contribution in [0.4, 0.5) is 0 Å². The van der Waals surface area contributed by atoms with Crippen LogP contribution in [0.5, 0.6) is 0 Å². The standard InChI is InChI=1S/C5H9NO.C2H2O4/c7-5-3-1-2-4-6-5;3-1(4)2(5)6/h1-4H2,(H,6,7);(H,3,4)(H,5,6). The maximum absolute atomic E-state index is 10.4. The van der Waals surface area contributed by atoms with Crippen molar-refractivity contribution < 1.29 is 24.6 Å². The first-order valence-corrected chi connectivity index (χ1v) is 3.77. The van der Waals surface area contributed by atoms with Crippen LogP contribution in [0.15, 0.2) is 0 Å². The van der Waals surface area contributed by atoms with E-state index >= 15 is 0 Å². The highest BCUT2D eigenvalue weighted by Crippen LogP contribution is 1.98. The molecule has 6 heteroatoms. The van der Waals surface area contributed by atoms with Crippen LogP contribution < -0.4 is 5.32 Å². The predicted octanol–water partition coefficient (Wildman–Crippen LogP) is -0.558. The number of piperidine rings is 1. The SMILES string of the molecule is O=C(O)C(=O)O.O=C1CCCCN1. The van der Waals surface area contributed by atoms with Crippen molar-refractivity contribution in [1.82, 2.24) is 5.32 Å². The molecule has 0 saturated carbocycles. The van der Waals surface area contributed by atoms with Crippen molar-refractivity contribution in [3.63, 3.8) is 0 Å². The van der Waals surface area contributed by atoms with Gasteiger partial charge in [0.25, 0.3) is 0 Å². The van der Waals surface area contributed by atoms with Crippen LogP contribution in [-0.2, 0) is 14.4 Å². The zero-order chi connectivity index (χ0) is 10.3. The van der Waals surface area contributed by atoms with Crippen LogP contribution in [0.2, 0.25) is 0 Å². The number of carbonyl (C=O) groups is 3. The zero-order valence-electron chi connectivity index (χ0n) is 6.95.